The molecule has 0 saturated heterocycles. The largest absolute Gasteiger partial charge is 0.325 e. The molecule has 1 heterocycles. The molecule has 0 aliphatic rings. The minimum Gasteiger partial charge on any atom is -0.325 e. The van der Waals surface area contributed by atoms with Crippen LogP contribution in [0.25, 0.3) is 5.69 Å². The third kappa shape index (κ3) is 5.35. The molecule has 3 rings (SSSR count). The van der Waals surface area contributed by atoms with E-state index < -0.39 is 5.25 Å². The number of anilines is 1. The van der Waals surface area contributed by atoms with E-state index in [0.29, 0.717) is 20.9 Å². The predicted octanol–water partition coefficient (Wildman–Crippen LogP) is 5.32. The molecule has 0 aliphatic carbocycles. The summed E-state index contributed by atoms with van der Waals surface area (Å²) in [5, 5.41) is 13.1. The lowest BCUT2D eigenvalue weighted by Gasteiger charge is -2.21. The van der Waals surface area contributed by atoms with Crippen LogP contribution >= 0.6 is 35.0 Å². The van der Waals surface area contributed by atoms with Crippen molar-refractivity contribution in [3.05, 3.63) is 64.4 Å². The summed E-state index contributed by atoms with van der Waals surface area (Å²) >= 11 is 13.4. The number of carbonyl (C=O) groups is 1. The topological polar surface area (TPSA) is 63.1 Å². The van der Waals surface area contributed by atoms with Crippen LogP contribution in [0.2, 0.25) is 10.0 Å². The second kappa shape index (κ2) is 9.83. The summed E-state index contributed by atoms with van der Waals surface area (Å²) in [4.78, 5) is 14.8. The minimum absolute atomic E-state index is 0.0260. The number of rotatable bonds is 7. The Bertz CT molecular complexity index is 1020. The van der Waals surface area contributed by atoms with Crippen molar-refractivity contribution in [3.8, 4) is 5.69 Å². The van der Waals surface area contributed by atoms with Crippen LogP contribution in [-0.4, -0.2) is 44.9 Å². The number of benzene rings is 2. The van der Waals surface area contributed by atoms with Gasteiger partial charge in [0.25, 0.3) is 0 Å². The summed E-state index contributed by atoms with van der Waals surface area (Å²) in [5.41, 5.74) is 1.54. The van der Waals surface area contributed by atoms with Crippen molar-refractivity contribution >= 4 is 46.6 Å². The number of halogens is 2. The van der Waals surface area contributed by atoms with Crippen molar-refractivity contribution < 1.29 is 4.79 Å². The van der Waals surface area contributed by atoms with Crippen LogP contribution in [0, 0.1) is 0 Å². The van der Waals surface area contributed by atoms with Crippen molar-refractivity contribution in [2.75, 3.05) is 19.4 Å². The summed E-state index contributed by atoms with van der Waals surface area (Å²) in [6.45, 7) is 3.89. The van der Waals surface area contributed by atoms with E-state index in [0.717, 1.165) is 11.5 Å². The smallest absolute Gasteiger partial charge is 0.237 e. The van der Waals surface area contributed by atoms with Gasteiger partial charge in [0.1, 0.15) is 0 Å². The first-order valence-corrected chi connectivity index (χ1v) is 11.0. The van der Waals surface area contributed by atoms with Gasteiger partial charge in [0.15, 0.2) is 11.0 Å². The standard InChI is InChI=1S/C21H23Cl2N5OS/c1-13(27(3)4)19-25-26-21(28(19)18-10-8-15(22)9-11-18)30-14(2)20(29)24-17-7-5-6-16(23)12-17/h5-14H,1-4H3,(H,24,29)/t13-,14-/m0/s1. The Hall–Kier alpha value is -2.06. The highest BCUT2D eigenvalue weighted by Crippen LogP contribution is 2.30. The van der Waals surface area contributed by atoms with Crippen LogP contribution in [0.15, 0.2) is 53.7 Å². The van der Waals surface area contributed by atoms with E-state index in [9.17, 15) is 4.79 Å². The lowest BCUT2D eigenvalue weighted by atomic mass is 10.2. The second-order valence-electron chi connectivity index (χ2n) is 7.05. The van der Waals surface area contributed by atoms with Gasteiger partial charge in [0, 0.05) is 21.4 Å². The summed E-state index contributed by atoms with van der Waals surface area (Å²) in [7, 11) is 3.97. The zero-order valence-corrected chi connectivity index (χ0v) is 19.5. The Morgan fingerprint density at radius 3 is 2.40 bits per heavy atom. The maximum Gasteiger partial charge on any atom is 0.237 e. The summed E-state index contributed by atoms with van der Waals surface area (Å²) in [5.74, 6) is 0.641. The molecule has 3 aromatic rings. The number of amides is 1. The highest BCUT2D eigenvalue weighted by atomic mass is 35.5. The van der Waals surface area contributed by atoms with Crippen LogP contribution in [0.5, 0.6) is 0 Å². The van der Waals surface area contributed by atoms with Gasteiger partial charge in [-0.1, -0.05) is 41.0 Å². The maximum atomic E-state index is 12.7. The normalized spacial score (nSPS) is 13.3. The number of carbonyl (C=O) groups excluding carboxylic acids is 1. The fourth-order valence-electron chi connectivity index (χ4n) is 2.71. The van der Waals surface area contributed by atoms with E-state index in [-0.39, 0.29) is 11.9 Å². The molecule has 0 aliphatic heterocycles. The quantitative estimate of drug-likeness (QED) is 0.480. The first-order valence-electron chi connectivity index (χ1n) is 9.37. The van der Waals surface area contributed by atoms with Crippen molar-refractivity contribution in [2.45, 2.75) is 30.3 Å². The zero-order chi connectivity index (χ0) is 21.8. The maximum absolute atomic E-state index is 12.7. The van der Waals surface area contributed by atoms with E-state index in [4.69, 9.17) is 23.2 Å². The number of hydrogen-bond donors (Lipinski definition) is 1. The molecule has 0 spiro atoms. The fraction of sp³-hybridized carbons (Fsp3) is 0.286. The number of hydrogen-bond acceptors (Lipinski definition) is 5. The number of aromatic nitrogens is 3. The Labute approximate surface area is 190 Å². The Morgan fingerprint density at radius 2 is 1.77 bits per heavy atom. The van der Waals surface area contributed by atoms with Crippen molar-refractivity contribution in [2.24, 2.45) is 0 Å². The molecule has 1 aromatic heterocycles. The van der Waals surface area contributed by atoms with Crippen LogP contribution < -0.4 is 5.32 Å². The highest BCUT2D eigenvalue weighted by Gasteiger charge is 2.24. The molecule has 0 fully saturated rings. The Balaban J connectivity index is 1.87. The SMILES string of the molecule is C[C@H](Sc1nnc([C@H](C)N(C)C)n1-c1ccc(Cl)cc1)C(=O)Nc1cccc(Cl)c1. The molecule has 0 radical (unpaired) electrons. The van der Waals surface area contributed by atoms with Crippen molar-refractivity contribution in [1.29, 1.82) is 0 Å². The molecule has 1 amide bonds. The molecule has 30 heavy (non-hydrogen) atoms. The third-order valence-electron chi connectivity index (χ3n) is 4.64. The fourth-order valence-corrected chi connectivity index (χ4v) is 3.90. The number of thioether (sulfide) groups is 1. The highest BCUT2D eigenvalue weighted by molar-refractivity contribution is 8.00. The predicted molar refractivity (Wildman–Crippen MR) is 124 cm³/mol. The third-order valence-corrected chi connectivity index (χ3v) is 6.16. The van der Waals surface area contributed by atoms with Gasteiger partial charge in [-0.2, -0.15) is 0 Å². The zero-order valence-electron chi connectivity index (χ0n) is 17.1. The van der Waals surface area contributed by atoms with Gasteiger partial charge in [-0.25, -0.2) is 0 Å². The summed E-state index contributed by atoms with van der Waals surface area (Å²) < 4.78 is 1.97. The van der Waals surface area contributed by atoms with Crippen molar-refractivity contribution in [3.63, 3.8) is 0 Å². The van der Waals surface area contributed by atoms with Crippen LogP contribution in [-0.2, 0) is 4.79 Å². The van der Waals surface area contributed by atoms with Crippen LogP contribution in [0.3, 0.4) is 0 Å². The molecule has 158 valence electrons. The van der Waals surface area contributed by atoms with E-state index in [1.165, 1.54) is 11.8 Å². The Kier molecular flexibility index (Phi) is 7.41. The molecule has 6 nitrogen and oxygen atoms in total. The molecule has 2 aromatic carbocycles. The number of nitrogens with zero attached hydrogens (tertiary/aromatic N) is 4. The average molecular weight is 464 g/mol. The second-order valence-corrected chi connectivity index (χ2v) is 9.23. The van der Waals surface area contributed by atoms with Gasteiger partial charge in [-0.15, -0.1) is 10.2 Å². The molecule has 0 bridgehead atoms. The van der Waals surface area contributed by atoms with E-state index in [1.807, 2.05) is 49.9 Å². The minimum atomic E-state index is -0.401. The van der Waals surface area contributed by atoms with Gasteiger partial charge in [0.2, 0.25) is 5.91 Å². The van der Waals surface area contributed by atoms with Gasteiger partial charge in [-0.3, -0.25) is 14.3 Å². The molecule has 0 saturated carbocycles. The molecule has 2 atom stereocenters. The lowest BCUT2D eigenvalue weighted by Crippen LogP contribution is -2.23. The van der Waals surface area contributed by atoms with E-state index in [1.54, 1.807) is 24.3 Å². The molecular formula is C21H23Cl2N5OS. The lowest BCUT2D eigenvalue weighted by molar-refractivity contribution is -0.115. The Morgan fingerprint density at radius 1 is 1.07 bits per heavy atom. The van der Waals surface area contributed by atoms with Crippen LogP contribution in [0.1, 0.15) is 25.7 Å². The van der Waals surface area contributed by atoms with Crippen molar-refractivity contribution in [1.82, 2.24) is 19.7 Å². The number of nitrogens with one attached hydrogen (secondary N) is 1. The van der Waals surface area contributed by atoms with Gasteiger partial charge in [-0.05, 0) is 70.4 Å². The summed E-state index contributed by atoms with van der Waals surface area (Å²) in [6.07, 6.45) is 0. The summed E-state index contributed by atoms with van der Waals surface area (Å²) in [6, 6.07) is 14.6. The van der Waals surface area contributed by atoms with Crippen LogP contribution in [0.4, 0.5) is 5.69 Å². The molecule has 1 N–H and O–H groups in total. The van der Waals surface area contributed by atoms with Gasteiger partial charge in [0.05, 0.1) is 11.3 Å². The molecular weight excluding hydrogens is 441 g/mol. The monoisotopic (exact) mass is 463 g/mol. The van der Waals surface area contributed by atoms with Gasteiger partial charge >= 0.3 is 0 Å². The first kappa shape index (κ1) is 22.6. The first-order chi connectivity index (χ1) is 14.3. The molecule has 9 heteroatoms. The average Bonchev–Trinajstić information content (AvgIpc) is 3.11. The molecule has 0 unspecified atom stereocenters. The van der Waals surface area contributed by atoms with Gasteiger partial charge < -0.3 is 5.32 Å². The van der Waals surface area contributed by atoms with E-state index >= 15 is 0 Å². The van der Waals surface area contributed by atoms with E-state index in [2.05, 4.69) is 27.3 Å².